The lowest BCUT2D eigenvalue weighted by Gasteiger charge is -2.07. The Kier molecular flexibility index (Phi) is 5.75. The van der Waals surface area contributed by atoms with E-state index >= 15 is 0 Å². The van der Waals surface area contributed by atoms with Crippen molar-refractivity contribution in [1.82, 2.24) is 5.32 Å². The minimum atomic E-state index is -0.521. The van der Waals surface area contributed by atoms with Gasteiger partial charge in [-0.3, -0.25) is 9.59 Å². The lowest BCUT2D eigenvalue weighted by atomic mass is 10.1. The molecular formula is C14H18N2O3. The summed E-state index contributed by atoms with van der Waals surface area (Å²) < 4.78 is 0. The Morgan fingerprint density at radius 3 is 2.53 bits per heavy atom. The molecule has 1 unspecified atom stereocenters. The molecule has 5 nitrogen and oxygen atoms in total. The highest BCUT2D eigenvalue weighted by Gasteiger charge is 2.02. The molecule has 0 heterocycles. The number of nitrogens with two attached hydrogens (primary N) is 1. The largest absolute Gasteiger partial charge is 0.391 e. The van der Waals surface area contributed by atoms with E-state index in [-0.39, 0.29) is 12.5 Å². The highest BCUT2D eigenvalue weighted by molar-refractivity contribution is 5.94. The molecule has 0 aromatic heterocycles. The molecule has 0 aliphatic heterocycles. The van der Waals surface area contributed by atoms with Gasteiger partial charge >= 0.3 is 0 Å². The van der Waals surface area contributed by atoms with Crippen LogP contribution in [0, 0.1) is 0 Å². The fourth-order valence-corrected chi connectivity index (χ4v) is 1.35. The number of aliphatic hydroxyl groups excluding tert-OH is 1. The third-order valence-corrected chi connectivity index (χ3v) is 2.61. The molecule has 0 saturated carbocycles. The minimum Gasteiger partial charge on any atom is -0.391 e. The molecule has 1 aromatic rings. The van der Waals surface area contributed by atoms with E-state index in [1.807, 2.05) is 6.92 Å². The molecular weight excluding hydrogens is 244 g/mol. The number of hydrogen-bond donors (Lipinski definition) is 3. The Morgan fingerprint density at radius 1 is 1.37 bits per heavy atom. The van der Waals surface area contributed by atoms with Crippen molar-refractivity contribution < 1.29 is 14.7 Å². The van der Waals surface area contributed by atoms with Gasteiger partial charge in [0.25, 0.3) is 0 Å². The van der Waals surface area contributed by atoms with Crippen LogP contribution in [0.15, 0.2) is 30.3 Å². The summed E-state index contributed by atoms with van der Waals surface area (Å²) in [6, 6.07) is 6.59. The van der Waals surface area contributed by atoms with Crippen molar-refractivity contribution in [1.29, 1.82) is 0 Å². The van der Waals surface area contributed by atoms with E-state index in [4.69, 9.17) is 5.73 Å². The van der Waals surface area contributed by atoms with E-state index in [1.54, 1.807) is 30.3 Å². The van der Waals surface area contributed by atoms with Gasteiger partial charge in [0.05, 0.1) is 6.10 Å². The number of benzene rings is 1. The number of rotatable bonds is 6. The maximum absolute atomic E-state index is 11.4. The maximum Gasteiger partial charge on any atom is 0.248 e. The second-order valence-corrected chi connectivity index (χ2v) is 4.13. The van der Waals surface area contributed by atoms with Crippen molar-refractivity contribution in [2.75, 3.05) is 6.54 Å². The highest BCUT2D eigenvalue weighted by Crippen LogP contribution is 2.05. The van der Waals surface area contributed by atoms with Gasteiger partial charge in [-0.1, -0.05) is 19.1 Å². The normalized spacial score (nSPS) is 12.3. The summed E-state index contributed by atoms with van der Waals surface area (Å²) in [6.45, 7) is 2.08. The van der Waals surface area contributed by atoms with Crippen LogP contribution in [0.25, 0.3) is 6.08 Å². The van der Waals surface area contributed by atoms with Crippen molar-refractivity contribution in [3.8, 4) is 0 Å². The molecule has 0 aliphatic carbocycles. The van der Waals surface area contributed by atoms with Crippen LogP contribution in [0.3, 0.4) is 0 Å². The van der Waals surface area contributed by atoms with Crippen molar-refractivity contribution in [3.05, 3.63) is 41.5 Å². The summed E-state index contributed by atoms with van der Waals surface area (Å²) in [7, 11) is 0. The van der Waals surface area contributed by atoms with Gasteiger partial charge in [0.2, 0.25) is 11.8 Å². The molecule has 1 atom stereocenters. The van der Waals surface area contributed by atoms with Gasteiger partial charge in [0.15, 0.2) is 0 Å². The molecule has 5 heteroatoms. The Bertz CT molecular complexity index is 466. The lowest BCUT2D eigenvalue weighted by Crippen LogP contribution is -2.30. The summed E-state index contributed by atoms with van der Waals surface area (Å²) in [4.78, 5) is 22.3. The molecule has 1 rings (SSSR count). The monoisotopic (exact) mass is 262 g/mol. The number of hydrogen-bond acceptors (Lipinski definition) is 3. The van der Waals surface area contributed by atoms with Crippen LogP contribution in [0.4, 0.5) is 0 Å². The van der Waals surface area contributed by atoms with Crippen LogP contribution < -0.4 is 11.1 Å². The molecule has 19 heavy (non-hydrogen) atoms. The molecule has 0 spiro atoms. The molecule has 2 amide bonds. The van der Waals surface area contributed by atoms with Gasteiger partial charge in [-0.25, -0.2) is 0 Å². The van der Waals surface area contributed by atoms with Gasteiger partial charge < -0.3 is 16.2 Å². The Morgan fingerprint density at radius 2 is 2.00 bits per heavy atom. The molecule has 0 fully saturated rings. The number of carbonyl (C=O) groups excluding carboxylic acids is 2. The molecule has 0 bridgehead atoms. The topological polar surface area (TPSA) is 92.4 Å². The quantitative estimate of drug-likeness (QED) is 0.658. The zero-order chi connectivity index (χ0) is 14.3. The van der Waals surface area contributed by atoms with Gasteiger partial charge in [0.1, 0.15) is 0 Å². The van der Waals surface area contributed by atoms with Crippen LogP contribution in [-0.4, -0.2) is 29.6 Å². The molecule has 4 N–H and O–H groups in total. The second-order valence-electron chi connectivity index (χ2n) is 4.13. The van der Waals surface area contributed by atoms with Crippen molar-refractivity contribution in [2.45, 2.75) is 19.4 Å². The molecule has 102 valence electrons. The molecule has 0 saturated heterocycles. The highest BCUT2D eigenvalue weighted by atomic mass is 16.3. The summed E-state index contributed by atoms with van der Waals surface area (Å²) in [5, 5.41) is 11.9. The second kappa shape index (κ2) is 7.33. The number of aliphatic hydroxyl groups is 1. The zero-order valence-electron chi connectivity index (χ0n) is 10.8. The standard InChI is InChI=1S/C14H18N2O3/c1-2-12(17)9-16-13(18)8-5-10-3-6-11(7-4-10)14(15)19/h3-8,12,17H,2,9H2,1H3,(H2,15,19)(H,16,18)/b8-5+. The third-order valence-electron chi connectivity index (χ3n) is 2.61. The van der Waals surface area contributed by atoms with Crippen molar-refractivity contribution in [3.63, 3.8) is 0 Å². The summed E-state index contributed by atoms with van der Waals surface area (Å²) in [5.41, 5.74) is 6.33. The number of nitrogens with one attached hydrogen (secondary N) is 1. The third kappa shape index (κ3) is 5.35. The fraction of sp³-hybridized carbons (Fsp3) is 0.286. The first-order valence-corrected chi connectivity index (χ1v) is 6.06. The van der Waals surface area contributed by atoms with E-state index < -0.39 is 12.0 Å². The van der Waals surface area contributed by atoms with Crippen LogP contribution in [0.5, 0.6) is 0 Å². The summed E-state index contributed by atoms with van der Waals surface area (Å²) in [6.07, 6.45) is 3.07. The number of carbonyl (C=O) groups is 2. The Labute approximate surface area is 112 Å². The first kappa shape index (κ1) is 14.9. The smallest absolute Gasteiger partial charge is 0.248 e. The Balaban J connectivity index is 2.51. The average molecular weight is 262 g/mol. The minimum absolute atomic E-state index is 0.236. The summed E-state index contributed by atoms with van der Waals surface area (Å²) >= 11 is 0. The maximum atomic E-state index is 11.4. The molecule has 0 aliphatic rings. The van der Waals surface area contributed by atoms with Crippen LogP contribution in [0.2, 0.25) is 0 Å². The first-order valence-electron chi connectivity index (χ1n) is 6.06. The van der Waals surface area contributed by atoms with E-state index in [2.05, 4.69) is 5.32 Å². The van der Waals surface area contributed by atoms with Crippen LogP contribution >= 0.6 is 0 Å². The Hall–Kier alpha value is -2.14. The van der Waals surface area contributed by atoms with Crippen LogP contribution in [-0.2, 0) is 4.79 Å². The molecule has 1 aromatic carbocycles. The number of primary amides is 1. The van der Waals surface area contributed by atoms with Gasteiger partial charge in [-0.15, -0.1) is 0 Å². The zero-order valence-corrected chi connectivity index (χ0v) is 10.8. The van der Waals surface area contributed by atoms with E-state index in [0.717, 1.165) is 5.56 Å². The SMILES string of the molecule is CCC(O)CNC(=O)/C=C/c1ccc(C(N)=O)cc1. The van der Waals surface area contributed by atoms with E-state index in [1.165, 1.54) is 6.08 Å². The van der Waals surface area contributed by atoms with Crippen molar-refractivity contribution in [2.24, 2.45) is 5.73 Å². The van der Waals surface area contributed by atoms with Gasteiger partial charge in [0, 0.05) is 18.2 Å². The average Bonchev–Trinajstić information content (AvgIpc) is 2.42. The van der Waals surface area contributed by atoms with Crippen molar-refractivity contribution >= 4 is 17.9 Å². The molecule has 0 radical (unpaired) electrons. The predicted molar refractivity (Wildman–Crippen MR) is 73.3 cm³/mol. The number of amides is 2. The first-order chi connectivity index (χ1) is 9.02. The van der Waals surface area contributed by atoms with Crippen LogP contribution in [0.1, 0.15) is 29.3 Å². The summed E-state index contributed by atoms with van der Waals surface area (Å²) in [5.74, 6) is -0.756. The van der Waals surface area contributed by atoms with E-state index in [0.29, 0.717) is 12.0 Å². The van der Waals surface area contributed by atoms with E-state index in [9.17, 15) is 14.7 Å². The van der Waals surface area contributed by atoms with Gasteiger partial charge in [-0.2, -0.15) is 0 Å². The lowest BCUT2D eigenvalue weighted by molar-refractivity contribution is -0.116. The predicted octanol–water partition coefficient (Wildman–Crippen LogP) is 0.686. The van der Waals surface area contributed by atoms with Gasteiger partial charge in [-0.05, 0) is 30.2 Å². The fourth-order valence-electron chi connectivity index (χ4n) is 1.35.